The van der Waals surface area contributed by atoms with Crippen LogP contribution in [-0.2, 0) is 0 Å². The number of aryl methyl sites for hydroxylation is 3. The van der Waals surface area contributed by atoms with E-state index >= 15 is 0 Å². The molecule has 0 spiro atoms. The van der Waals surface area contributed by atoms with Crippen molar-refractivity contribution < 1.29 is 9.21 Å². The maximum atomic E-state index is 12.5. The summed E-state index contributed by atoms with van der Waals surface area (Å²) in [7, 11) is 0. The molecule has 0 fully saturated rings. The van der Waals surface area contributed by atoms with Crippen LogP contribution in [0.15, 0.2) is 22.6 Å². The van der Waals surface area contributed by atoms with Gasteiger partial charge in [0.25, 0.3) is 5.91 Å². The Morgan fingerprint density at radius 2 is 1.96 bits per heavy atom. The first-order chi connectivity index (χ1) is 11.0. The first-order valence-corrected chi connectivity index (χ1v) is 7.19. The summed E-state index contributed by atoms with van der Waals surface area (Å²) in [5.74, 6) is 1.66. The van der Waals surface area contributed by atoms with Gasteiger partial charge in [0.05, 0.1) is 5.56 Å². The average Bonchev–Trinajstić information content (AvgIpc) is 3.10. The molecule has 0 saturated carbocycles. The highest BCUT2D eigenvalue weighted by Gasteiger charge is 2.19. The number of aromatic amines is 1. The van der Waals surface area contributed by atoms with E-state index in [-0.39, 0.29) is 5.91 Å². The summed E-state index contributed by atoms with van der Waals surface area (Å²) in [6.45, 7) is 7.46. The molecule has 2 heterocycles. The Balaban J connectivity index is 1.91. The smallest absolute Gasteiger partial charge is 0.259 e. The molecular weight excluding hydrogens is 294 g/mol. The number of carbonyl (C=O) groups excluding carboxylic acids is 1. The standard InChI is InChI=1S/C16H17N5O2/c1-8-5-6-12(7-13(8)15-18-20-21-19-15)17-16(22)14-9(2)10(3)23-11(14)4/h5-7H,1-4H3,(H,17,22)(H,18,19,20,21). The van der Waals surface area contributed by atoms with Crippen molar-refractivity contribution in [1.29, 1.82) is 0 Å². The van der Waals surface area contributed by atoms with Crippen LogP contribution in [0.3, 0.4) is 0 Å². The van der Waals surface area contributed by atoms with Crippen LogP contribution < -0.4 is 5.32 Å². The molecule has 7 heteroatoms. The maximum absolute atomic E-state index is 12.5. The van der Waals surface area contributed by atoms with Crippen LogP contribution in [0.1, 0.15) is 33.0 Å². The molecule has 0 atom stereocenters. The molecule has 3 aromatic rings. The molecule has 7 nitrogen and oxygen atoms in total. The molecule has 3 rings (SSSR count). The van der Waals surface area contributed by atoms with Crippen molar-refractivity contribution in [2.45, 2.75) is 27.7 Å². The summed E-state index contributed by atoms with van der Waals surface area (Å²) in [6.07, 6.45) is 0. The molecule has 1 amide bonds. The van der Waals surface area contributed by atoms with Crippen LogP contribution in [-0.4, -0.2) is 26.5 Å². The van der Waals surface area contributed by atoms with Gasteiger partial charge in [0, 0.05) is 16.8 Å². The number of furan rings is 1. The Kier molecular flexibility index (Phi) is 3.69. The lowest BCUT2D eigenvalue weighted by Crippen LogP contribution is -2.13. The minimum absolute atomic E-state index is 0.195. The second-order valence-corrected chi connectivity index (χ2v) is 5.43. The molecule has 0 bridgehead atoms. The van der Waals surface area contributed by atoms with Crippen LogP contribution in [0.2, 0.25) is 0 Å². The van der Waals surface area contributed by atoms with Gasteiger partial charge in [0.15, 0.2) is 0 Å². The van der Waals surface area contributed by atoms with Gasteiger partial charge in [0.1, 0.15) is 11.5 Å². The number of H-pyrrole nitrogens is 1. The number of hydrogen-bond acceptors (Lipinski definition) is 5. The molecule has 0 aliphatic carbocycles. The Bertz CT molecular complexity index is 865. The maximum Gasteiger partial charge on any atom is 0.259 e. The molecule has 0 aliphatic heterocycles. The number of hydrogen-bond donors (Lipinski definition) is 2. The molecule has 0 aliphatic rings. The summed E-state index contributed by atoms with van der Waals surface area (Å²) in [4.78, 5) is 12.5. The predicted molar refractivity (Wildman–Crippen MR) is 85.2 cm³/mol. The highest BCUT2D eigenvalue weighted by Crippen LogP contribution is 2.25. The average molecular weight is 311 g/mol. The fraction of sp³-hybridized carbons (Fsp3) is 0.250. The van der Waals surface area contributed by atoms with Gasteiger partial charge in [-0.15, -0.1) is 10.2 Å². The van der Waals surface area contributed by atoms with Crippen LogP contribution in [0.25, 0.3) is 11.4 Å². The molecule has 0 saturated heterocycles. The van der Waals surface area contributed by atoms with E-state index in [4.69, 9.17) is 4.42 Å². The van der Waals surface area contributed by atoms with E-state index in [0.29, 0.717) is 22.8 Å². The number of amides is 1. The quantitative estimate of drug-likeness (QED) is 0.775. The van der Waals surface area contributed by atoms with Crippen LogP contribution in [0.5, 0.6) is 0 Å². The lowest BCUT2D eigenvalue weighted by Gasteiger charge is -2.08. The predicted octanol–water partition coefficient (Wildman–Crippen LogP) is 2.95. The lowest BCUT2D eigenvalue weighted by atomic mass is 10.1. The van der Waals surface area contributed by atoms with E-state index in [0.717, 1.165) is 22.5 Å². The summed E-state index contributed by atoms with van der Waals surface area (Å²) >= 11 is 0. The zero-order valence-electron chi connectivity index (χ0n) is 13.4. The Morgan fingerprint density at radius 3 is 2.57 bits per heavy atom. The first-order valence-electron chi connectivity index (χ1n) is 7.19. The van der Waals surface area contributed by atoms with Crippen molar-refractivity contribution >= 4 is 11.6 Å². The fourth-order valence-electron chi connectivity index (χ4n) is 2.54. The number of anilines is 1. The van der Waals surface area contributed by atoms with Crippen molar-refractivity contribution in [1.82, 2.24) is 20.6 Å². The van der Waals surface area contributed by atoms with E-state index < -0.39 is 0 Å². The molecule has 2 N–H and O–H groups in total. The Hall–Kier alpha value is -2.96. The third kappa shape index (κ3) is 2.73. The topological polar surface area (TPSA) is 96.7 Å². The molecule has 23 heavy (non-hydrogen) atoms. The van der Waals surface area contributed by atoms with Gasteiger partial charge in [0.2, 0.25) is 5.82 Å². The van der Waals surface area contributed by atoms with Gasteiger partial charge in [-0.2, -0.15) is 5.21 Å². The van der Waals surface area contributed by atoms with Crippen molar-refractivity contribution in [3.05, 3.63) is 46.4 Å². The van der Waals surface area contributed by atoms with Crippen molar-refractivity contribution in [2.75, 3.05) is 5.32 Å². The highest BCUT2D eigenvalue weighted by atomic mass is 16.3. The van der Waals surface area contributed by atoms with Gasteiger partial charge in [-0.25, -0.2) is 0 Å². The summed E-state index contributed by atoms with van der Waals surface area (Å²) < 4.78 is 5.51. The Labute approximate surface area is 133 Å². The van der Waals surface area contributed by atoms with Crippen LogP contribution in [0, 0.1) is 27.7 Å². The molecule has 118 valence electrons. The lowest BCUT2D eigenvalue weighted by molar-refractivity contribution is 0.102. The first kappa shape index (κ1) is 15.0. The monoisotopic (exact) mass is 311 g/mol. The number of tetrazole rings is 1. The molecular formula is C16H17N5O2. The van der Waals surface area contributed by atoms with Crippen molar-refractivity contribution in [2.24, 2.45) is 0 Å². The van der Waals surface area contributed by atoms with Gasteiger partial charge >= 0.3 is 0 Å². The van der Waals surface area contributed by atoms with E-state index in [2.05, 4.69) is 25.9 Å². The van der Waals surface area contributed by atoms with Gasteiger partial charge < -0.3 is 9.73 Å². The number of carbonyl (C=O) groups is 1. The number of rotatable bonds is 3. The summed E-state index contributed by atoms with van der Waals surface area (Å²) in [5.41, 5.74) is 3.90. The largest absolute Gasteiger partial charge is 0.466 e. The van der Waals surface area contributed by atoms with Gasteiger partial charge in [-0.3, -0.25) is 4.79 Å². The molecule has 0 radical (unpaired) electrons. The second-order valence-electron chi connectivity index (χ2n) is 5.43. The van der Waals surface area contributed by atoms with Crippen LogP contribution >= 0.6 is 0 Å². The normalized spacial score (nSPS) is 10.8. The number of aromatic nitrogens is 4. The minimum atomic E-state index is -0.195. The Morgan fingerprint density at radius 1 is 1.17 bits per heavy atom. The third-order valence-corrected chi connectivity index (χ3v) is 3.87. The van der Waals surface area contributed by atoms with E-state index in [1.165, 1.54) is 0 Å². The number of benzene rings is 1. The molecule has 2 aromatic heterocycles. The number of nitrogens with zero attached hydrogens (tertiary/aromatic N) is 3. The zero-order valence-corrected chi connectivity index (χ0v) is 13.4. The second kappa shape index (κ2) is 5.68. The number of nitrogens with one attached hydrogen (secondary N) is 2. The molecule has 0 unspecified atom stereocenters. The third-order valence-electron chi connectivity index (χ3n) is 3.87. The van der Waals surface area contributed by atoms with Crippen molar-refractivity contribution in [3.8, 4) is 11.4 Å². The summed E-state index contributed by atoms with van der Waals surface area (Å²) in [6, 6.07) is 5.58. The van der Waals surface area contributed by atoms with Gasteiger partial charge in [-0.1, -0.05) is 6.07 Å². The van der Waals surface area contributed by atoms with E-state index in [9.17, 15) is 4.79 Å². The minimum Gasteiger partial charge on any atom is -0.466 e. The van der Waals surface area contributed by atoms with E-state index in [1.54, 1.807) is 6.92 Å². The fourth-order valence-corrected chi connectivity index (χ4v) is 2.54. The zero-order chi connectivity index (χ0) is 16.6. The SMILES string of the molecule is Cc1ccc(NC(=O)c2c(C)oc(C)c2C)cc1-c1nn[nH]n1. The van der Waals surface area contributed by atoms with Crippen molar-refractivity contribution in [3.63, 3.8) is 0 Å². The summed E-state index contributed by atoms with van der Waals surface area (Å²) in [5, 5.41) is 16.9. The van der Waals surface area contributed by atoms with Gasteiger partial charge in [-0.05, 0) is 50.6 Å². The van der Waals surface area contributed by atoms with Crippen LogP contribution in [0.4, 0.5) is 5.69 Å². The van der Waals surface area contributed by atoms with E-state index in [1.807, 2.05) is 39.0 Å². The highest BCUT2D eigenvalue weighted by molar-refractivity contribution is 6.06. The molecule has 1 aromatic carbocycles.